The van der Waals surface area contributed by atoms with E-state index in [9.17, 15) is 5.11 Å². The van der Waals surface area contributed by atoms with E-state index in [2.05, 4.69) is 19.1 Å². The zero-order valence-corrected chi connectivity index (χ0v) is 14.3. The highest BCUT2D eigenvalue weighted by Crippen LogP contribution is 2.12. The standard InChI is InChI=1S/C20H34O2/c1-2-3-4-10-15-20(21)16-11-5-6-12-17-22-18-19-13-8-7-9-14-19/h7-9,13-14,20-21H,2-6,10-12,15-18H2,1H3/t20-/m1/s1. The molecule has 126 valence electrons. The van der Waals surface area contributed by atoms with Gasteiger partial charge in [-0.2, -0.15) is 0 Å². The van der Waals surface area contributed by atoms with Crippen molar-refractivity contribution in [1.29, 1.82) is 0 Å². The van der Waals surface area contributed by atoms with E-state index in [1.807, 2.05) is 18.2 Å². The molecule has 0 aliphatic carbocycles. The van der Waals surface area contributed by atoms with E-state index in [1.165, 1.54) is 44.1 Å². The largest absolute Gasteiger partial charge is 0.393 e. The second-order valence-corrected chi connectivity index (χ2v) is 6.24. The molecule has 0 aromatic heterocycles. The zero-order chi connectivity index (χ0) is 15.9. The van der Waals surface area contributed by atoms with Gasteiger partial charge in [0.05, 0.1) is 12.7 Å². The lowest BCUT2D eigenvalue weighted by Crippen LogP contribution is -2.06. The van der Waals surface area contributed by atoms with Crippen molar-refractivity contribution in [3.05, 3.63) is 35.9 Å². The van der Waals surface area contributed by atoms with Crippen molar-refractivity contribution in [2.45, 2.75) is 83.8 Å². The molecular weight excluding hydrogens is 272 g/mol. The van der Waals surface area contributed by atoms with Crippen LogP contribution in [0.1, 0.15) is 76.7 Å². The molecule has 0 saturated heterocycles. The van der Waals surface area contributed by atoms with Gasteiger partial charge in [0.1, 0.15) is 0 Å². The molecule has 0 amide bonds. The minimum absolute atomic E-state index is 0.0776. The van der Waals surface area contributed by atoms with E-state index in [0.717, 1.165) is 38.9 Å². The third kappa shape index (κ3) is 10.8. The van der Waals surface area contributed by atoms with Crippen molar-refractivity contribution < 1.29 is 9.84 Å². The Morgan fingerprint density at radius 2 is 1.50 bits per heavy atom. The van der Waals surface area contributed by atoms with Crippen LogP contribution in [0.25, 0.3) is 0 Å². The molecule has 1 rings (SSSR count). The van der Waals surface area contributed by atoms with Gasteiger partial charge in [-0.05, 0) is 24.8 Å². The summed E-state index contributed by atoms with van der Waals surface area (Å²) in [5, 5.41) is 9.89. The van der Waals surface area contributed by atoms with Gasteiger partial charge < -0.3 is 9.84 Å². The van der Waals surface area contributed by atoms with Crippen LogP contribution >= 0.6 is 0 Å². The van der Waals surface area contributed by atoms with E-state index in [4.69, 9.17) is 4.74 Å². The van der Waals surface area contributed by atoms with Gasteiger partial charge in [-0.3, -0.25) is 0 Å². The third-order valence-corrected chi connectivity index (χ3v) is 4.08. The van der Waals surface area contributed by atoms with Gasteiger partial charge in [-0.1, -0.05) is 82.2 Å². The Hall–Kier alpha value is -0.860. The SMILES string of the molecule is CCCCCC[C@@H](O)CCCCCCOCc1ccccc1. The van der Waals surface area contributed by atoms with Crippen molar-refractivity contribution in [2.24, 2.45) is 0 Å². The average Bonchev–Trinajstić information content (AvgIpc) is 2.55. The van der Waals surface area contributed by atoms with E-state index in [-0.39, 0.29) is 6.10 Å². The molecule has 0 aliphatic heterocycles. The number of aliphatic hydroxyl groups is 1. The molecule has 0 saturated carbocycles. The fourth-order valence-electron chi connectivity index (χ4n) is 2.65. The summed E-state index contributed by atoms with van der Waals surface area (Å²) < 4.78 is 5.67. The molecule has 0 unspecified atom stereocenters. The fourth-order valence-corrected chi connectivity index (χ4v) is 2.65. The summed E-state index contributed by atoms with van der Waals surface area (Å²) in [6.07, 6.45) is 11.6. The average molecular weight is 306 g/mol. The number of ether oxygens (including phenoxy) is 1. The Kier molecular flexibility index (Phi) is 12.0. The highest BCUT2D eigenvalue weighted by atomic mass is 16.5. The maximum atomic E-state index is 9.89. The van der Waals surface area contributed by atoms with Crippen LogP contribution in [0, 0.1) is 0 Å². The predicted molar refractivity (Wildman–Crippen MR) is 93.9 cm³/mol. The Morgan fingerprint density at radius 3 is 2.18 bits per heavy atom. The van der Waals surface area contributed by atoms with Crippen molar-refractivity contribution in [2.75, 3.05) is 6.61 Å². The van der Waals surface area contributed by atoms with Gasteiger partial charge in [0.2, 0.25) is 0 Å². The molecule has 0 radical (unpaired) electrons. The first-order valence-electron chi connectivity index (χ1n) is 9.12. The molecular formula is C20H34O2. The summed E-state index contributed by atoms with van der Waals surface area (Å²) in [5.41, 5.74) is 1.24. The second kappa shape index (κ2) is 13.8. The molecule has 0 heterocycles. The van der Waals surface area contributed by atoms with E-state index in [1.54, 1.807) is 0 Å². The number of hydrogen-bond donors (Lipinski definition) is 1. The quantitative estimate of drug-likeness (QED) is 0.461. The Bertz CT molecular complexity index is 337. The van der Waals surface area contributed by atoms with Gasteiger partial charge in [-0.25, -0.2) is 0 Å². The molecule has 0 fully saturated rings. The smallest absolute Gasteiger partial charge is 0.0716 e. The number of unbranched alkanes of at least 4 members (excludes halogenated alkanes) is 6. The van der Waals surface area contributed by atoms with Crippen LogP contribution in [-0.2, 0) is 11.3 Å². The summed E-state index contributed by atoms with van der Waals surface area (Å²) in [6, 6.07) is 10.3. The minimum Gasteiger partial charge on any atom is -0.393 e. The van der Waals surface area contributed by atoms with Crippen LogP contribution in [0.2, 0.25) is 0 Å². The summed E-state index contributed by atoms with van der Waals surface area (Å²) >= 11 is 0. The maximum absolute atomic E-state index is 9.89. The van der Waals surface area contributed by atoms with Crippen LogP contribution in [0.3, 0.4) is 0 Å². The molecule has 0 bridgehead atoms. The number of hydrogen-bond acceptors (Lipinski definition) is 2. The zero-order valence-electron chi connectivity index (χ0n) is 14.3. The summed E-state index contributed by atoms with van der Waals surface area (Å²) in [5.74, 6) is 0. The fraction of sp³-hybridized carbons (Fsp3) is 0.700. The van der Waals surface area contributed by atoms with Gasteiger partial charge in [0.25, 0.3) is 0 Å². The number of rotatable bonds is 14. The first-order chi connectivity index (χ1) is 10.8. The van der Waals surface area contributed by atoms with Gasteiger partial charge >= 0.3 is 0 Å². The van der Waals surface area contributed by atoms with Crippen LogP contribution in [0.5, 0.6) is 0 Å². The van der Waals surface area contributed by atoms with Gasteiger partial charge in [0.15, 0.2) is 0 Å². The van der Waals surface area contributed by atoms with Crippen LogP contribution in [0.4, 0.5) is 0 Å². The maximum Gasteiger partial charge on any atom is 0.0716 e. The van der Waals surface area contributed by atoms with Crippen LogP contribution in [0.15, 0.2) is 30.3 Å². The lowest BCUT2D eigenvalue weighted by molar-refractivity contribution is 0.115. The summed E-state index contributed by atoms with van der Waals surface area (Å²) in [6.45, 7) is 3.78. The predicted octanol–water partition coefficient (Wildman–Crippen LogP) is 5.49. The van der Waals surface area contributed by atoms with Gasteiger partial charge in [0, 0.05) is 6.61 Å². The molecule has 0 aliphatic rings. The Labute approximate surface area is 136 Å². The monoisotopic (exact) mass is 306 g/mol. The number of aliphatic hydroxyl groups excluding tert-OH is 1. The molecule has 22 heavy (non-hydrogen) atoms. The lowest BCUT2D eigenvalue weighted by atomic mass is 10.0. The Balaban J connectivity index is 1.83. The molecule has 1 atom stereocenters. The molecule has 1 aromatic carbocycles. The normalized spacial score (nSPS) is 12.5. The highest BCUT2D eigenvalue weighted by Gasteiger charge is 2.03. The van der Waals surface area contributed by atoms with E-state index < -0.39 is 0 Å². The molecule has 2 heteroatoms. The van der Waals surface area contributed by atoms with Crippen molar-refractivity contribution in [3.8, 4) is 0 Å². The van der Waals surface area contributed by atoms with Crippen molar-refractivity contribution >= 4 is 0 Å². The van der Waals surface area contributed by atoms with Crippen molar-refractivity contribution in [3.63, 3.8) is 0 Å². The second-order valence-electron chi connectivity index (χ2n) is 6.24. The molecule has 1 N–H and O–H groups in total. The molecule has 1 aromatic rings. The first kappa shape index (κ1) is 19.2. The van der Waals surface area contributed by atoms with Gasteiger partial charge in [-0.15, -0.1) is 0 Å². The molecule has 2 nitrogen and oxygen atoms in total. The topological polar surface area (TPSA) is 29.5 Å². The van der Waals surface area contributed by atoms with E-state index in [0.29, 0.717) is 0 Å². The summed E-state index contributed by atoms with van der Waals surface area (Å²) in [4.78, 5) is 0. The van der Waals surface area contributed by atoms with Crippen molar-refractivity contribution in [1.82, 2.24) is 0 Å². The number of benzene rings is 1. The minimum atomic E-state index is -0.0776. The first-order valence-corrected chi connectivity index (χ1v) is 9.12. The molecule has 0 spiro atoms. The Morgan fingerprint density at radius 1 is 0.864 bits per heavy atom. The highest BCUT2D eigenvalue weighted by molar-refractivity contribution is 5.13. The third-order valence-electron chi connectivity index (χ3n) is 4.08. The summed E-state index contributed by atoms with van der Waals surface area (Å²) in [7, 11) is 0. The van der Waals surface area contributed by atoms with E-state index >= 15 is 0 Å². The lowest BCUT2D eigenvalue weighted by Gasteiger charge is -2.10. The van der Waals surface area contributed by atoms with Crippen LogP contribution in [-0.4, -0.2) is 17.8 Å². The van der Waals surface area contributed by atoms with Crippen LogP contribution < -0.4 is 0 Å².